The highest BCUT2D eigenvalue weighted by atomic mass is 35.5. The minimum atomic E-state index is -4.53. The van der Waals surface area contributed by atoms with Gasteiger partial charge in [0.25, 0.3) is 0 Å². The largest absolute Gasteiger partial charge is 0.481 e. The zero-order chi connectivity index (χ0) is 23.0. The Hall–Kier alpha value is -3.27. The predicted molar refractivity (Wildman–Crippen MR) is 111 cm³/mol. The van der Waals surface area contributed by atoms with Gasteiger partial charge >= 0.3 is 18.2 Å². The van der Waals surface area contributed by atoms with E-state index in [1.54, 1.807) is 24.3 Å². The number of carbonyl (C=O) groups is 2. The summed E-state index contributed by atoms with van der Waals surface area (Å²) >= 11 is 5.84. The molecular formula is C20H20ClF3N4O3. The first-order valence-corrected chi connectivity index (χ1v) is 9.43. The van der Waals surface area contributed by atoms with Crippen molar-refractivity contribution in [3.8, 4) is 0 Å². The van der Waals surface area contributed by atoms with E-state index in [1.807, 2.05) is 0 Å². The molecule has 0 fully saturated rings. The summed E-state index contributed by atoms with van der Waals surface area (Å²) in [5, 5.41) is 16.8. The molecule has 0 saturated heterocycles. The lowest BCUT2D eigenvalue weighted by Gasteiger charge is -2.15. The molecule has 4 N–H and O–H groups in total. The summed E-state index contributed by atoms with van der Waals surface area (Å²) < 4.78 is 38.9. The Bertz CT molecular complexity index is 949. The molecule has 7 nitrogen and oxygen atoms in total. The van der Waals surface area contributed by atoms with Crippen LogP contribution in [-0.4, -0.2) is 29.6 Å². The molecule has 0 unspecified atom stereocenters. The number of guanidine groups is 1. The maximum Gasteiger partial charge on any atom is 0.416 e. The number of benzene rings is 2. The highest BCUT2D eigenvalue weighted by Gasteiger charge is 2.30. The number of hydrogen-bond acceptors (Lipinski definition) is 3. The Morgan fingerprint density at radius 1 is 1.16 bits per heavy atom. The number of rotatable bonds is 6. The van der Waals surface area contributed by atoms with Gasteiger partial charge in [0, 0.05) is 17.3 Å². The molecule has 31 heavy (non-hydrogen) atoms. The molecule has 2 amide bonds. The van der Waals surface area contributed by atoms with Crippen LogP contribution in [0.15, 0.2) is 53.5 Å². The van der Waals surface area contributed by atoms with Crippen molar-refractivity contribution in [1.82, 2.24) is 10.6 Å². The molecule has 0 bridgehead atoms. The van der Waals surface area contributed by atoms with Gasteiger partial charge in [-0.2, -0.15) is 13.2 Å². The lowest BCUT2D eigenvalue weighted by molar-refractivity contribution is -0.141. The average molecular weight is 457 g/mol. The van der Waals surface area contributed by atoms with E-state index in [0.717, 1.165) is 17.7 Å². The lowest BCUT2D eigenvalue weighted by Crippen LogP contribution is -2.44. The third-order valence-electron chi connectivity index (χ3n) is 4.01. The Kier molecular flexibility index (Phi) is 8.26. The molecule has 0 aliphatic rings. The Balaban J connectivity index is 2.17. The summed E-state index contributed by atoms with van der Waals surface area (Å²) in [7, 11) is 0. The van der Waals surface area contributed by atoms with Crippen LogP contribution in [-0.2, 0) is 17.5 Å². The second-order valence-electron chi connectivity index (χ2n) is 6.57. The number of aliphatic imine (C=N–C) groups is 1. The van der Waals surface area contributed by atoms with Crippen molar-refractivity contribution in [3.63, 3.8) is 0 Å². The fourth-order valence-corrected chi connectivity index (χ4v) is 2.39. The topological polar surface area (TPSA) is 103 Å². The third-order valence-corrected chi connectivity index (χ3v) is 4.26. The monoisotopic (exact) mass is 456 g/mol. The second kappa shape index (κ2) is 10.7. The van der Waals surface area contributed by atoms with E-state index in [-0.39, 0.29) is 24.7 Å². The first-order chi connectivity index (χ1) is 14.5. The van der Waals surface area contributed by atoms with E-state index in [4.69, 9.17) is 16.7 Å². The van der Waals surface area contributed by atoms with Gasteiger partial charge < -0.3 is 15.7 Å². The third kappa shape index (κ3) is 8.17. The van der Waals surface area contributed by atoms with E-state index < -0.39 is 29.7 Å². The van der Waals surface area contributed by atoms with Gasteiger partial charge in [-0.3, -0.25) is 10.1 Å². The number of amides is 2. The normalized spacial score (nSPS) is 12.7. The van der Waals surface area contributed by atoms with Gasteiger partial charge in [0.15, 0.2) is 0 Å². The summed E-state index contributed by atoms with van der Waals surface area (Å²) in [6.07, 6.45) is -4.53. The van der Waals surface area contributed by atoms with Gasteiger partial charge in [-0.15, -0.1) is 0 Å². The van der Waals surface area contributed by atoms with Gasteiger partial charge in [0.2, 0.25) is 5.96 Å². The Labute approximate surface area is 181 Å². The number of alkyl halides is 3. The van der Waals surface area contributed by atoms with E-state index in [0.29, 0.717) is 5.02 Å². The molecule has 0 aromatic heterocycles. The van der Waals surface area contributed by atoms with Crippen LogP contribution >= 0.6 is 11.6 Å². The Morgan fingerprint density at radius 3 is 2.45 bits per heavy atom. The number of anilines is 1. The number of nitrogens with one attached hydrogen (secondary N) is 3. The van der Waals surface area contributed by atoms with Crippen LogP contribution in [0.3, 0.4) is 0 Å². The van der Waals surface area contributed by atoms with Crippen LogP contribution < -0.4 is 16.0 Å². The number of carboxylic acid groups (broad SMARTS) is 1. The average Bonchev–Trinajstić information content (AvgIpc) is 2.71. The first kappa shape index (κ1) is 24.0. The van der Waals surface area contributed by atoms with Crippen molar-refractivity contribution >= 4 is 35.2 Å². The number of urea groups is 1. The Morgan fingerprint density at radius 2 is 1.84 bits per heavy atom. The molecule has 11 heteroatoms. The molecule has 0 spiro atoms. The molecule has 1 atom stereocenters. The van der Waals surface area contributed by atoms with Crippen molar-refractivity contribution in [2.75, 3.05) is 11.9 Å². The highest BCUT2D eigenvalue weighted by molar-refractivity contribution is 6.30. The number of nitrogens with zero attached hydrogens (tertiary/aromatic N) is 1. The maximum atomic E-state index is 13.0. The van der Waals surface area contributed by atoms with Gasteiger partial charge in [-0.25, -0.2) is 9.79 Å². The predicted octanol–water partition coefficient (Wildman–Crippen LogP) is 4.35. The summed E-state index contributed by atoms with van der Waals surface area (Å²) in [6, 6.07) is 10.4. The SMILES string of the molecule is C[C@@H](CNC(=O)NC(=NCc1ccc(Cl)cc1)Nc1cccc(C(F)(F)F)c1)C(=O)O. The van der Waals surface area contributed by atoms with E-state index >= 15 is 0 Å². The van der Waals surface area contributed by atoms with Crippen molar-refractivity contribution < 1.29 is 27.9 Å². The first-order valence-electron chi connectivity index (χ1n) is 9.05. The van der Waals surface area contributed by atoms with Gasteiger partial charge in [-0.1, -0.05) is 36.7 Å². The lowest BCUT2D eigenvalue weighted by atomic mass is 10.2. The van der Waals surface area contributed by atoms with Crippen LogP contribution in [0, 0.1) is 5.92 Å². The molecule has 0 heterocycles. The number of aliphatic carboxylic acids is 1. The number of halogens is 4. The van der Waals surface area contributed by atoms with E-state index in [2.05, 4.69) is 20.9 Å². The fraction of sp³-hybridized carbons (Fsp3) is 0.250. The minimum Gasteiger partial charge on any atom is -0.481 e. The highest BCUT2D eigenvalue weighted by Crippen LogP contribution is 2.30. The van der Waals surface area contributed by atoms with Crippen LogP contribution in [0.2, 0.25) is 5.02 Å². The standard InChI is InChI=1S/C20H20ClF3N4O3/c1-12(17(29)30)10-26-19(31)28-18(25-11-13-5-7-15(21)8-6-13)27-16-4-2-3-14(9-16)20(22,23)24/h2-9,12H,10-11H2,1H3,(H,29,30)(H3,25,26,27,28,31)/t12-/m0/s1. The van der Waals surface area contributed by atoms with E-state index in [9.17, 15) is 22.8 Å². The summed E-state index contributed by atoms with van der Waals surface area (Å²) in [4.78, 5) is 27.2. The smallest absolute Gasteiger partial charge is 0.416 e. The molecule has 0 aliphatic carbocycles. The van der Waals surface area contributed by atoms with Gasteiger partial charge in [-0.05, 0) is 35.9 Å². The summed E-state index contributed by atoms with van der Waals surface area (Å²) in [5.74, 6) is -2.02. The molecule has 2 aromatic rings. The summed E-state index contributed by atoms with van der Waals surface area (Å²) in [6.45, 7) is 1.37. The quantitative estimate of drug-likeness (QED) is 0.383. The zero-order valence-corrected chi connectivity index (χ0v) is 17.1. The fourth-order valence-electron chi connectivity index (χ4n) is 2.27. The summed E-state index contributed by atoms with van der Waals surface area (Å²) in [5.41, 5.74) is -0.0624. The van der Waals surface area contributed by atoms with E-state index in [1.165, 1.54) is 19.1 Å². The maximum absolute atomic E-state index is 13.0. The van der Waals surface area contributed by atoms with Crippen LogP contribution in [0.25, 0.3) is 0 Å². The molecule has 0 saturated carbocycles. The molecule has 2 aromatic carbocycles. The van der Waals surface area contributed by atoms with Crippen LogP contribution in [0.5, 0.6) is 0 Å². The molecular weight excluding hydrogens is 437 g/mol. The van der Waals surface area contributed by atoms with Crippen LogP contribution in [0.4, 0.5) is 23.7 Å². The number of hydrogen-bond donors (Lipinski definition) is 4. The van der Waals surface area contributed by atoms with Crippen LogP contribution in [0.1, 0.15) is 18.1 Å². The zero-order valence-electron chi connectivity index (χ0n) is 16.3. The molecule has 0 radical (unpaired) electrons. The van der Waals surface area contributed by atoms with Crippen molar-refractivity contribution in [2.24, 2.45) is 10.9 Å². The number of carboxylic acids is 1. The van der Waals surface area contributed by atoms with Crippen molar-refractivity contribution in [1.29, 1.82) is 0 Å². The molecule has 0 aliphatic heterocycles. The minimum absolute atomic E-state index is 0.0592. The van der Waals surface area contributed by atoms with Crippen molar-refractivity contribution in [2.45, 2.75) is 19.6 Å². The van der Waals surface area contributed by atoms with Gasteiger partial charge in [0.1, 0.15) is 0 Å². The number of carbonyl (C=O) groups excluding carboxylic acids is 1. The second-order valence-corrected chi connectivity index (χ2v) is 7.01. The molecule has 2 rings (SSSR count). The van der Waals surface area contributed by atoms with Crippen molar-refractivity contribution in [3.05, 3.63) is 64.7 Å². The molecule has 166 valence electrons. The van der Waals surface area contributed by atoms with Gasteiger partial charge in [0.05, 0.1) is 18.0 Å².